The number of aromatic nitrogens is 4. The first-order valence-corrected chi connectivity index (χ1v) is 8.44. The van der Waals surface area contributed by atoms with Crippen molar-refractivity contribution in [3.8, 4) is 11.4 Å². The summed E-state index contributed by atoms with van der Waals surface area (Å²) >= 11 is -2.57. The maximum Gasteiger partial charge on any atom is 0.322 e. The highest BCUT2D eigenvalue weighted by molar-refractivity contribution is 7.90. The van der Waals surface area contributed by atoms with Gasteiger partial charge in [-0.25, -0.2) is 0 Å². The minimum atomic E-state index is -2.98. The molecule has 0 amide bonds. The molecule has 26 heavy (non-hydrogen) atoms. The number of fused-ring (bicyclic) bond motifs is 1. The SMILES string of the molecule is [2H]c1nc(C([2H])([2H])[S+]([O-])c2nc3cc(-n4c([2H])c([2H])c([2H])c4[2H])ccc3[nH]2)c(C)c(OC([2H])([2H])[2H])c1[2H]. The Morgan fingerprint density at radius 1 is 1.42 bits per heavy atom. The first-order valence-electron chi connectivity index (χ1n) is 12.8. The number of aromatic amines is 1. The smallest absolute Gasteiger partial charge is 0.322 e. The van der Waals surface area contributed by atoms with Crippen LogP contribution in [0.5, 0.6) is 5.75 Å². The number of imidazole rings is 1. The second-order valence-corrected chi connectivity index (χ2v) is 6.30. The Labute approximate surface area is 169 Å². The minimum absolute atomic E-state index is 0.195. The van der Waals surface area contributed by atoms with Gasteiger partial charge in [0.15, 0.2) is 5.70 Å². The van der Waals surface area contributed by atoms with E-state index in [1.165, 1.54) is 25.1 Å². The van der Waals surface area contributed by atoms with E-state index < -0.39 is 59.7 Å². The zero-order valence-electron chi connectivity index (χ0n) is 24.3. The predicted molar refractivity (Wildman–Crippen MR) is 101 cm³/mol. The van der Waals surface area contributed by atoms with E-state index in [0.29, 0.717) is 5.52 Å². The first kappa shape index (κ1) is 8.28. The zero-order valence-corrected chi connectivity index (χ0v) is 14.1. The molecule has 0 spiro atoms. The molecule has 3 heterocycles. The van der Waals surface area contributed by atoms with E-state index in [1.807, 2.05) is 0 Å². The summed E-state index contributed by atoms with van der Waals surface area (Å²) in [7, 11) is -2.98. The molecule has 3 aromatic heterocycles. The van der Waals surface area contributed by atoms with E-state index in [4.69, 9.17) is 19.8 Å². The molecule has 7 heteroatoms. The van der Waals surface area contributed by atoms with E-state index in [9.17, 15) is 4.55 Å². The Kier molecular flexibility index (Phi) is 2.18. The molecule has 1 unspecified atom stereocenters. The maximum atomic E-state index is 13.3. The highest BCUT2D eigenvalue weighted by Crippen LogP contribution is 2.24. The number of pyridine rings is 1. The number of H-pyrrole nitrogens is 1. The molecular weight excluding hydrogens is 348 g/mol. The molecule has 0 saturated carbocycles. The molecule has 0 saturated heterocycles. The monoisotopic (exact) mass is 377 g/mol. The molecule has 0 aliphatic rings. The lowest BCUT2D eigenvalue weighted by atomic mass is 10.2. The van der Waals surface area contributed by atoms with Gasteiger partial charge >= 0.3 is 5.16 Å². The van der Waals surface area contributed by atoms with E-state index in [1.54, 1.807) is 0 Å². The second kappa shape index (κ2) is 6.86. The lowest BCUT2D eigenvalue weighted by Gasteiger charge is -2.10. The van der Waals surface area contributed by atoms with Gasteiger partial charge in [0.1, 0.15) is 5.75 Å². The number of methoxy groups -OCH3 is 1. The predicted octanol–water partition coefficient (Wildman–Crippen LogP) is 3.37. The summed E-state index contributed by atoms with van der Waals surface area (Å²) in [5, 5.41) is -0.315. The van der Waals surface area contributed by atoms with Gasteiger partial charge in [-0.3, -0.25) is 9.97 Å². The molecule has 0 aliphatic heterocycles. The second-order valence-electron chi connectivity index (χ2n) is 5.18. The van der Waals surface area contributed by atoms with Gasteiger partial charge < -0.3 is 13.9 Å². The molecule has 0 aliphatic carbocycles. The maximum absolute atomic E-state index is 13.3. The van der Waals surface area contributed by atoms with Crippen LogP contribution in [0.25, 0.3) is 16.7 Å². The fourth-order valence-corrected chi connectivity index (χ4v) is 3.13. The van der Waals surface area contributed by atoms with Gasteiger partial charge in [-0.2, -0.15) is 4.98 Å². The van der Waals surface area contributed by atoms with Crippen LogP contribution in [0.1, 0.15) is 26.3 Å². The van der Waals surface area contributed by atoms with E-state index >= 15 is 0 Å². The van der Waals surface area contributed by atoms with Gasteiger partial charge in [0.25, 0.3) is 0 Å². The fraction of sp³-hybridized carbons (Fsp3) is 0.158. The van der Waals surface area contributed by atoms with Crippen LogP contribution >= 0.6 is 0 Å². The van der Waals surface area contributed by atoms with Gasteiger partial charge in [0, 0.05) is 40.9 Å². The van der Waals surface area contributed by atoms with Crippen LogP contribution in [0.4, 0.5) is 0 Å². The average Bonchev–Trinajstić information content (AvgIpc) is 3.32. The van der Waals surface area contributed by atoms with Crippen molar-refractivity contribution >= 4 is 22.2 Å². The standard InChI is InChI=1S/C19H18N4O2S/c1-13-17(20-8-7-18(13)25-2)12-26(24)19-21-15-6-5-14(11-16(15)22-19)23-9-3-4-10-23/h3-11H,12H2,1-2H3,(H,21,22)/i2D3,3D,4D,7D,8D,9D,10D,12D2. The number of benzene rings is 1. The normalized spacial score (nSPS) is 19.5. The number of nitrogens with zero attached hydrogens (tertiary/aromatic N) is 3. The third-order valence-electron chi connectivity index (χ3n) is 3.60. The Hall–Kier alpha value is -2.77. The Morgan fingerprint density at radius 3 is 3.08 bits per heavy atom. The molecule has 1 aromatic carbocycles. The molecule has 4 rings (SSSR count). The van der Waals surface area contributed by atoms with Crippen molar-refractivity contribution in [1.82, 2.24) is 19.5 Å². The minimum Gasteiger partial charge on any atom is -0.609 e. The molecule has 1 N–H and O–H groups in total. The highest BCUT2D eigenvalue weighted by Gasteiger charge is 2.20. The van der Waals surface area contributed by atoms with E-state index in [0.717, 1.165) is 4.57 Å². The van der Waals surface area contributed by atoms with Crippen molar-refractivity contribution in [2.24, 2.45) is 0 Å². The quantitative estimate of drug-likeness (QED) is 0.541. The number of hydrogen-bond acceptors (Lipinski definition) is 4. The lowest BCUT2D eigenvalue weighted by molar-refractivity contribution is 0.410. The average molecular weight is 378 g/mol. The number of rotatable bonds is 5. The molecule has 1 atom stereocenters. The van der Waals surface area contributed by atoms with Gasteiger partial charge in [-0.15, -0.1) is 0 Å². The summed E-state index contributed by atoms with van der Waals surface area (Å²) in [5.74, 6) is -0.572. The van der Waals surface area contributed by atoms with Crippen LogP contribution in [0.3, 0.4) is 0 Å². The largest absolute Gasteiger partial charge is 0.609 e. The van der Waals surface area contributed by atoms with Gasteiger partial charge in [0.05, 0.1) is 38.8 Å². The molecule has 6 nitrogen and oxygen atoms in total. The highest BCUT2D eigenvalue weighted by atomic mass is 32.2. The van der Waals surface area contributed by atoms with Crippen LogP contribution in [-0.4, -0.2) is 31.1 Å². The summed E-state index contributed by atoms with van der Waals surface area (Å²) in [4.78, 5) is 10.6. The summed E-state index contributed by atoms with van der Waals surface area (Å²) in [5.41, 5.74) is -2.77. The summed E-state index contributed by atoms with van der Waals surface area (Å²) in [6, 6.07) is 2.90. The third-order valence-corrected chi connectivity index (χ3v) is 4.52. The lowest BCUT2D eigenvalue weighted by Crippen LogP contribution is -2.10. The van der Waals surface area contributed by atoms with Gasteiger partial charge in [-0.05, 0) is 43.3 Å². The third kappa shape index (κ3) is 3.07. The van der Waals surface area contributed by atoms with E-state index in [2.05, 4.69) is 15.0 Å². The summed E-state index contributed by atoms with van der Waals surface area (Å²) in [6.07, 6.45) is -1.50. The van der Waals surface area contributed by atoms with Crippen molar-refractivity contribution in [2.45, 2.75) is 17.8 Å². The van der Waals surface area contributed by atoms with E-state index in [-0.39, 0.29) is 34.3 Å². The van der Waals surface area contributed by atoms with Crippen LogP contribution < -0.4 is 4.74 Å². The fourth-order valence-electron chi connectivity index (χ4n) is 2.28. The van der Waals surface area contributed by atoms with Crippen LogP contribution in [0.15, 0.2) is 60.0 Å². The number of nitrogens with one attached hydrogen (secondary N) is 1. The van der Waals surface area contributed by atoms with Crippen molar-refractivity contribution in [2.75, 3.05) is 7.04 Å². The number of hydrogen-bond donors (Lipinski definition) is 1. The summed E-state index contributed by atoms with van der Waals surface area (Å²) in [6.45, 7) is 1.25. The Bertz CT molecular complexity index is 1510. The molecule has 0 radical (unpaired) electrons. The van der Waals surface area contributed by atoms with Crippen molar-refractivity contribution in [1.29, 1.82) is 0 Å². The van der Waals surface area contributed by atoms with Gasteiger partial charge in [-0.1, -0.05) is 0 Å². The van der Waals surface area contributed by atoms with Crippen molar-refractivity contribution < 1.29 is 24.4 Å². The van der Waals surface area contributed by atoms with Crippen molar-refractivity contribution in [3.63, 3.8) is 0 Å². The topological polar surface area (TPSA) is 78.8 Å². The summed E-state index contributed by atoms with van der Waals surface area (Å²) < 4.78 is 105. The molecule has 132 valence electrons. The number of ether oxygens (including phenoxy) is 1. The molecular formula is C19H18N4O2S. The molecule has 4 aromatic rings. The van der Waals surface area contributed by atoms with Crippen molar-refractivity contribution in [3.05, 3.63) is 66.1 Å². The molecule has 0 bridgehead atoms. The van der Waals surface area contributed by atoms with Gasteiger partial charge in [0.2, 0.25) is 0 Å². The first-order chi connectivity index (χ1) is 17.0. The van der Waals surface area contributed by atoms with Crippen LogP contribution in [0, 0.1) is 6.92 Å². The van der Waals surface area contributed by atoms with Crippen LogP contribution in [0.2, 0.25) is 0 Å². The van der Waals surface area contributed by atoms with Crippen LogP contribution in [-0.2, 0) is 16.9 Å². The zero-order chi connectivity index (χ0) is 27.6. The Balaban J connectivity index is 1.77. The Morgan fingerprint density at radius 2 is 2.27 bits per heavy atom. The molecule has 0 fully saturated rings.